The lowest BCUT2D eigenvalue weighted by molar-refractivity contribution is -0.114. The minimum Gasteiger partial charge on any atom is -0.309 e. The molecule has 1 fully saturated rings. The SMILES string of the molecule is CC(=O)Nc1ccn([C@H]2CCN(Cc3cccnc3C)C2)n1. The van der Waals surface area contributed by atoms with Crippen molar-refractivity contribution in [3.8, 4) is 0 Å². The molecule has 1 amide bonds. The van der Waals surface area contributed by atoms with Crippen molar-refractivity contribution < 1.29 is 4.79 Å². The van der Waals surface area contributed by atoms with Crippen LogP contribution in [0.4, 0.5) is 5.82 Å². The van der Waals surface area contributed by atoms with Gasteiger partial charge in [0.2, 0.25) is 5.91 Å². The van der Waals surface area contributed by atoms with Gasteiger partial charge in [-0.1, -0.05) is 6.07 Å². The summed E-state index contributed by atoms with van der Waals surface area (Å²) in [6.07, 6.45) is 4.84. The highest BCUT2D eigenvalue weighted by Crippen LogP contribution is 2.23. The molecule has 1 N–H and O–H groups in total. The molecule has 2 aromatic rings. The molecule has 0 aromatic carbocycles. The fraction of sp³-hybridized carbons (Fsp3) is 0.438. The molecule has 0 aliphatic carbocycles. The van der Waals surface area contributed by atoms with Crippen molar-refractivity contribution in [2.75, 3.05) is 18.4 Å². The number of amides is 1. The number of aromatic nitrogens is 3. The van der Waals surface area contributed by atoms with Gasteiger partial charge >= 0.3 is 0 Å². The summed E-state index contributed by atoms with van der Waals surface area (Å²) in [4.78, 5) is 17.8. The number of carbonyl (C=O) groups is 1. The Morgan fingerprint density at radius 1 is 1.45 bits per heavy atom. The van der Waals surface area contributed by atoms with Crippen molar-refractivity contribution in [1.29, 1.82) is 0 Å². The lowest BCUT2D eigenvalue weighted by Gasteiger charge is -2.17. The summed E-state index contributed by atoms with van der Waals surface area (Å²) in [7, 11) is 0. The average Bonchev–Trinajstić information content (AvgIpc) is 3.10. The number of hydrogen-bond acceptors (Lipinski definition) is 4. The lowest BCUT2D eigenvalue weighted by atomic mass is 10.2. The molecule has 0 radical (unpaired) electrons. The van der Waals surface area contributed by atoms with Crippen LogP contribution in [0.5, 0.6) is 0 Å². The van der Waals surface area contributed by atoms with Crippen LogP contribution in [0.1, 0.15) is 30.6 Å². The standard InChI is InChI=1S/C16H21N5O/c1-12-14(4-3-7-17-12)10-20-8-5-15(11-20)21-9-6-16(19-21)18-13(2)22/h3-4,6-7,9,15H,5,8,10-11H2,1-2H3,(H,18,19,22)/t15-/m0/s1. The minimum atomic E-state index is -0.0923. The summed E-state index contributed by atoms with van der Waals surface area (Å²) in [6, 6.07) is 6.33. The Balaban J connectivity index is 1.61. The molecule has 6 heteroatoms. The maximum absolute atomic E-state index is 11.1. The van der Waals surface area contributed by atoms with Gasteiger partial charge in [-0.05, 0) is 25.0 Å². The first-order valence-corrected chi connectivity index (χ1v) is 7.57. The largest absolute Gasteiger partial charge is 0.309 e. The van der Waals surface area contributed by atoms with Gasteiger partial charge in [-0.25, -0.2) is 0 Å². The average molecular weight is 299 g/mol. The molecule has 3 heterocycles. The third-order valence-corrected chi connectivity index (χ3v) is 4.04. The Hall–Kier alpha value is -2.21. The van der Waals surface area contributed by atoms with Crippen LogP contribution >= 0.6 is 0 Å². The molecule has 3 rings (SSSR count). The van der Waals surface area contributed by atoms with Gasteiger partial charge in [-0.2, -0.15) is 5.10 Å². The van der Waals surface area contributed by atoms with E-state index in [2.05, 4.69) is 33.3 Å². The molecule has 1 saturated heterocycles. The lowest BCUT2D eigenvalue weighted by Crippen LogP contribution is -2.22. The van der Waals surface area contributed by atoms with Crippen LogP contribution in [-0.4, -0.2) is 38.7 Å². The van der Waals surface area contributed by atoms with E-state index in [1.807, 2.05) is 29.2 Å². The second-order valence-corrected chi connectivity index (χ2v) is 5.79. The van der Waals surface area contributed by atoms with Gasteiger partial charge in [0.05, 0.1) is 6.04 Å². The van der Waals surface area contributed by atoms with Crippen molar-refractivity contribution in [2.24, 2.45) is 0 Å². The van der Waals surface area contributed by atoms with Crippen molar-refractivity contribution in [3.63, 3.8) is 0 Å². The van der Waals surface area contributed by atoms with Crippen LogP contribution in [0.15, 0.2) is 30.6 Å². The van der Waals surface area contributed by atoms with E-state index in [0.717, 1.165) is 31.7 Å². The van der Waals surface area contributed by atoms with E-state index < -0.39 is 0 Å². The Labute approximate surface area is 130 Å². The van der Waals surface area contributed by atoms with Crippen molar-refractivity contribution in [2.45, 2.75) is 32.9 Å². The highest BCUT2D eigenvalue weighted by molar-refractivity contribution is 5.87. The number of anilines is 1. The number of nitrogens with zero attached hydrogens (tertiary/aromatic N) is 4. The van der Waals surface area contributed by atoms with Gasteiger partial charge < -0.3 is 5.32 Å². The molecule has 1 aliphatic rings. The number of likely N-dealkylation sites (tertiary alicyclic amines) is 1. The van der Waals surface area contributed by atoms with Gasteiger partial charge in [0.25, 0.3) is 0 Å². The van der Waals surface area contributed by atoms with Crippen LogP contribution in [0.2, 0.25) is 0 Å². The quantitative estimate of drug-likeness (QED) is 0.938. The predicted molar refractivity (Wildman–Crippen MR) is 84.4 cm³/mol. The zero-order valence-corrected chi connectivity index (χ0v) is 13.0. The van der Waals surface area contributed by atoms with E-state index >= 15 is 0 Å². The molecule has 22 heavy (non-hydrogen) atoms. The first kappa shape index (κ1) is 14.7. The van der Waals surface area contributed by atoms with E-state index in [1.54, 1.807) is 0 Å². The summed E-state index contributed by atoms with van der Waals surface area (Å²) in [5.74, 6) is 0.527. The molecule has 116 valence electrons. The van der Waals surface area contributed by atoms with Crippen LogP contribution in [0.3, 0.4) is 0 Å². The van der Waals surface area contributed by atoms with E-state index in [9.17, 15) is 4.79 Å². The van der Waals surface area contributed by atoms with E-state index in [4.69, 9.17) is 0 Å². The van der Waals surface area contributed by atoms with Crippen molar-refractivity contribution in [1.82, 2.24) is 19.7 Å². The number of carbonyl (C=O) groups excluding carboxylic acids is 1. The monoisotopic (exact) mass is 299 g/mol. The van der Waals surface area contributed by atoms with Crippen LogP contribution in [0, 0.1) is 6.92 Å². The number of rotatable bonds is 4. The van der Waals surface area contributed by atoms with E-state index in [-0.39, 0.29) is 5.91 Å². The number of nitrogens with one attached hydrogen (secondary N) is 1. The van der Waals surface area contributed by atoms with Crippen LogP contribution in [-0.2, 0) is 11.3 Å². The van der Waals surface area contributed by atoms with Crippen molar-refractivity contribution >= 4 is 11.7 Å². The number of pyridine rings is 1. The molecule has 0 spiro atoms. The fourth-order valence-electron chi connectivity index (χ4n) is 2.89. The highest BCUT2D eigenvalue weighted by atomic mass is 16.1. The zero-order chi connectivity index (χ0) is 15.5. The predicted octanol–water partition coefficient (Wildman–Crippen LogP) is 1.99. The normalized spacial score (nSPS) is 18.5. The van der Waals surface area contributed by atoms with Crippen molar-refractivity contribution in [3.05, 3.63) is 41.9 Å². The maximum Gasteiger partial charge on any atom is 0.222 e. The van der Waals surface area contributed by atoms with Gasteiger partial charge in [-0.3, -0.25) is 19.4 Å². The Morgan fingerprint density at radius 3 is 3.09 bits per heavy atom. The van der Waals surface area contributed by atoms with Gasteiger partial charge in [0, 0.05) is 50.7 Å². The molecule has 2 aromatic heterocycles. The van der Waals surface area contributed by atoms with E-state index in [0.29, 0.717) is 11.9 Å². The molecular weight excluding hydrogens is 278 g/mol. The summed E-state index contributed by atoms with van der Waals surface area (Å²) < 4.78 is 1.96. The molecular formula is C16H21N5O. The zero-order valence-electron chi connectivity index (χ0n) is 13.0. The first-order chi connectivity index (χ1) is 10.6. The fourth-order valence-corrected chi connectivity index (χ4v) is 2.89. The molecule has 1 atom stereocenters. The van der Waals surface area contributed by atoms with Gasteiger partial charge in [0.1, 0.15) is 0 Å². The smallest absolute Gasteiger partial charge is 0.222 e. The first-order valence-electron chi connectivity index (χ1n) is 7.57. The highest BCUT2D eigenvalue weighted by Gasteiger charge is 2.24. The summed E-state index contributed by atoms with van der Waals surface area (Å²) in [5.41, 5.74) is 2.38. The second-order valence-electron chi connectivity index (χ2n) is 5.79. The van der Waals surface area contributed by atoms with Crippen LogP contribution in [0.25, 0.3) is 0 Å². The second kappa shape index (κ2) is 6.27. The number of aryl methyl sites for hydroxylation is 1. The molecule has 1 aliphatic heterocycles. The van der Waals surface area contributed by atoms with Gasteiger partial charge in [0.15, 0.2) is 5.82 Å². The number of hydrogen-bond donors (Lipinski definition) is 1. The summed E-state index contributed by atoms with van der Waals surface area (Å²) >= 11 is 0. The molecule has 0 unspecified atom stereocenters. The Kier molecular flexibility index (Phi) is 4.20. The Morgan fingerprint density at radius 2 is 2.32 bits per heavy atom. The molecule has 6 nitrogen and oxygen atoms in total. The third-order valence-electron chi connectivity index (χ3n) is 4.04. The Bertz CT molecular complexity index is 666. The topological polar surface area (TPSA) is 63.1 Å². The minimum absolute atomic E-state index is 0.0923. The molecule has 0 saturated carbocycles. The third kappa shape index (κ3) is 3.33. The molecule has 0 bridgehead atoms. The van der Waals surface area contributed by atoms with E-state index in [1.165, 1.54) is 12.5 Å². The maximum atomic E-state index is 11.1. The summed E-state index contributed by atoms with van der Waals surface area (Å²) in [5, 5.41) is 7.15. The van der Waals surface area contributed by atoms with Gasteiger partial charge in [-0.15, -0.1) is 0 Å². The van der Waals surface area contributed by atoms with Crippen LogP contribution < -0.4 is 5.32 Å². The summed E-state index contributed by atoms with van der Waals surface area (Å²) in [6.45, 7) is 6.49.